The van der Waals surface area contributed by atoms with Crippen molar-refractivity contribution in [2.45, 2.75) is 84.6 Å². The van der Waals surface area contributed by atoms with Crippen molar-refractivity contribution in [3.63, 3.8) is 0 Å². The average molecular weight is 262 g/mol. The zero-order valence-corrected chi connectivity index (χ0v) is 13.0. The second-order valence-corrected chi connectivity index (χ2v) is 5.61. The smallest absolute Gasteiger partial charge is 0.181 e. The molecular weight excluding hydrogens is 230 g/mol. The number of hydrogen-bond acceptors (Lipinski definition) is 0. The van der Waals surface area contributed by atoms with Gasteiger partial charge in [0.1, 0.15) is 6.54 Å². The van der Waals surface area contributed by atoms with Crippen LogP contribution >= 0.6 is 0 Å². The van der Waals surface area contributed by atoms with Crippen molar-refractivity contribution in [3.8, 4) is 0 Å². The first-order valence-corrected chi connectivity index (χ1v) is 8.35. The van der Waals surface area contributed by atoms with Crippen LogP contribution in [0.3, 0.4) is 0 Å². The molecule has 0 fully saturated rings. The highest BCUT2D eigenvalue weighted by atomic mass is 14.9. The number of hydrogen-bond donors (Lipinski definition) is 0. The predicted octanol–water partition coefficient (Wildman–Crippen LogP) is 5.07. The molecule has 0 saturated heterocycles. The van der Waals surface area contributed by atoms with Crippen LogP contribution in [0.25, 0.3) is 0 Å². The van der Waals surface area contributed by atoms with Gasteiger partial charge in [0, 0.05) is 25.0 Å². The minimum Gasteiger partial charge on any atom is -0.202 e. The average Bonchev–Trinajstić information content (AvgIpc) is 2.45. The number of rotatable bonds is 11. The Hall–Kier alpha value is -0.850. The van der Waals surface area contributed by atoms with Gasteiger partial charge in [0.2, 0.25) is 0 Å². The summed E-state index contributed by atoms with van der Waals surface area (Å²) in [5.74, 6) is 0. The molecule has 0 amide bonds. The van der Waals surface area contributed by atoms with Gasteiger partial charge in [0.05, 0.1) is 0 Å². The summed E-state index contributed by atoms with van der Waals surface area (Å²) in [5, 5.41) is 0. The lowest BCUT2D eigenvalue weighted by atomic mass is 10.1. The number of pyridine rings is 1. The molecule has 0 bridgehead atoms. The molecule has 0 N–H and O–H groups in total. The van der Waals surface area contributed by atoms with Crippen molar-refractivity contribution in [2.24, 2.45) is 0 Å². The lowest BCUT2D eigenvalue weighted by Gasteiger charge is -2.04. The summed E-state index contributed by atoms with van der Waals surface area (Å²) in [5.41, 5.74) is 1.52. The summed E-state index contributed by atoms with van der Waals surface area (Å²) in [4.78, 5) is 0. The van der Waals surface area contributed by atoms with E-state index >= 15 is 0 Å². The minimum atomic E-state index is 1.18. The molecule has 1 heterocycles. The number of unbranched alkanes of at least 4 members (excludes halogenated alkanes) is 7. The van der Waals surface area contributed by atoms with Gasteiger partial charge in [-0.05, 0) is 6.42 Å². The molecule has 0 unspecified atom stereocenters. The SMILES string of the molecule is CCCCCCCCCc1cccc[n+]1CCCC. The first-order valence-electron chi connectivity index (χ1n) is 8.35. The van der Waals surface area contributed by atoms with E-state index in [1.165, 1.54) is 76.4 Å². The summed E-state index contributed by atoms with van der Waals surface area (Å²) in [6.07, 6.45) is 15.8. The van der Waals surface area contributed by atoms with Crippen LogP contribution in [0.15, 0.2) is 24.4 Å². The van der Waals surface area contributed by atoms with E-state index in [4.69, 9.17) is 0 Å². The molecule has 0 atom stereocenters. The summed E-state index contributed by atoms with van der Waals surface area (Å²) in [6, 6.07) is 6.63. The first-order chi connectivity index (χ1) is 9.38. The predicted molar refractivity (Wildman–Crippen MR) is 83.2 cm³/mol. The van der Waals surface area contributed by atoms with Gasteiger partial charge >= 0.3 is 0 Å². The number of aryl methyl sites for hydroxylation is 2. The third kappa shape index (κ3) is 7.34. The number of nitrogens with zero attached hydrogens (tertiary/aromatic N) is 1. The number of aromatic nitrogens is 1. The molecule has 1 rings (SSSR count). The van der Waals surface area contributed by atoms with Crippen molar-refractivity contribution in [3.05, 3.63) is 30.1 Å². The highest BCUT2D eigenvalue weighted by Crippen LogP contribution is 2.09. The molecule has 0 spiro atoms. The monoisotopic (exact) mass is 262 g/mol. The molecule has 0 aliphatic heterocycles. The van der Waals surface area contributed by atoms with Crippen molar-refractivity contribution in [2.75, 3.05) is 0 Å². The standard InChI is InChI=1S/C18H32N/c1-3-5-7-8-9-10-11-14-18-15-12-13-17-19(18)16-6-4-2/h12-13,15,17H,3-11,14,16H2,1-2H3/q+1. The van der Waals surface area contributed by atoms with Crippen LogP contribution in [0, 0.1) is 0 Å². The van der Waals surface area contributed by atoms with Gasteiger partial charge in [-0.2, -0.15) is 0 Å². The first kappa shape index (κ1) is 16.2. The summed E-state index contributed by atoms with van der Waals surface area (Å²) < 4.78 is 2.45. The van der Waals surface area contributed by atoms with Crippen molar-refractivity contribution >= 4 is 0 Å². The van der Waals surface area contributed by atoms with E-state index in [-0.39, 0.29) is 0 Å². The Labute approximate surface area is 120 Å². The molecule has 0 aliphatic carbocycles. The van der Waals surface area contributed by atoms with Gasteiger partial charge in [0.25, 0.3) is 0 Å². The van der Waals surface area contributed by atoms with Crippen LogP contribution in [-0.2, 0) is 13.0 Å². The largest absolute Gasteiger partial charge is 0.202 e. The van der Waals surface area contributed by atoms with Crippen LogP contribution in [-0.4, -0.2) is 0 Å². The Balaban J connectivity index is 2.21. The molecule has 1 nitrogen and oxygen atoms in total. The Kier molecular flexibility index (Phi) is 9.40. The van der Waals surface area contributed by atoms with Crippen LogP contribution in [0.2, 0.25) is 0 Å². The second kappa shape index (κ2) is 11.0. The molecule has 0 aliphatic rings. The van der Waals surface area contributed by atoms with Crippen LogP contribution < -0.4 is 4.57 Å². The van der Waals surface area contributed by atoms with E-state index in [2.05, 4.69) is 42.8 Å². The molecule has 0 aromatic carbocycles. The molecule has 1 heteroatoms. The maximum Gasteiger partial charge on any atom is 0.181 e. The molecule has 0 radical (unpaired) electrons. The Morgan fingerprint density at radius 1 is 0.789 bits per heavy atom. The van der Waals surface area contributed by atoms with E-state index in [1.807, 2.05) is 0 Å². The molecule has 108 valence electrons. The van der Waals surface area contributed by atoms with Crippen molar-refractivity contribution < 1.29 is 4.57 Å². The minimum absolute atomic E-state index is 1.18. The Bertz CT molecular complexity index is 319. The maximum atomic E-state index is 2.45. The van der Waals surface area contributed by atoms with Crippen LogP contribution in [0.1, 0.15) is 77.3 Å². The van der Waals surface area contributed by atoms with E-state index in [0.29, 0.717) is 0 Å². The lowest BCUT2D eigenvalue weighted by Crippen LogP contribution is -2.37. The van der Waals surface area contributed by atoms with Crippen molar-refractivity contribution in [1.82, 2.24) is 0 Å². The molecular formula is C18H32N+. The highest BCUT2D eigenvalue weighted by Gasteiger charge is 2.07. The van der Waals surface area contributed by atoms with Gasteiger partial charge in [-0.25, -0.2) is 4.57 Å². The summed E-state index contributed by atoms with van der Waals surface area (Å²) in [7, 11) is 0. The van der Waals surface area contributed by atoms with Gasteiger partial charge in [-0.15, -0.1) is 0 Å². The fourth-order valence-corrected chi connectivity index (χ4v) is 2.55. The van der Waals surface area contributed by atoms with Crippen molar-refractivity contribution in [1.29, 1.82) is 0 Å². The van der Waals surface area contributed by atoms with Gasteiger partial charge < -0.3 is 0 Å². The zero-order valence-electron chi connectivity index (χ0n) is 13.0. The van der Waals surface area contributed by atoms with E-state index in [0.717, 1.165) is 0 Å². The fraction of sp³-hybridized carbons (Fsp3) is 0.722. The fourth-order valence-electron chi connectivity index (χ4n) is 2.55. The van der Waals surface area contributed by atoms with E-state index in [1.54, 1.807) is 0 Å². The normalized spacial score (nSPS) is 10.8. The van der Waals surface area contributed by atoms with E-state index in [9.17, 15) is 0 Å². The van der Waals surface area contributed by atoms with Gasteiger partial charge in [0.15, 0.2) is 11.9 Å². The van der Waals surface area contributed by atoms with Gasteiger partial charge in [-0.1, -0.05) is 64.9 Å². The lowest BCUT2D eigenvalue weighted by molar-refractivity contribution is -0.704. The summed E-state index contributed by atoms with van der Waals surface area (Å²) >= 11 is 0. The molecule has 0 saturated carbocycles. The molecule has 19 heavy (non-hydrogen) atoms. The van der Waals surface area contributed by atoms with Crippen LogP contribution in [0.4, 0.5) is 0 Å². The maximum absolute atomic E-state index is 2.45. The van der Waals surface area contributed by atoms with Gasteiger partial charge in [-0.3, -0.25) is 0 Å². The molecule has 1 aromatic rings. The second-order valence-electron chi connectivity index (χ2n) is 5.61. The van der Waals surface area contributed by atoms with E-state index < -0.39 is 0 Å². The third-order valence-electron chi connectivity index (χ3n) is 3.82. The molecule has 1 aromatic heterocycles. The van der Waals surface area contributed by atoms with Crippen LogP contribution in [0.5, 0.6) is 0 Å². The Morgan fingerprint density at radius 2 is 1.47 bits per heavy atom. The summed E-state index contributed by atoms with van der Waals surface area (Å²) in [6.45, 7) is 5.73. The third-order valence-corrected chi connectivity index (χ3v) is 3.82. The highest BCUT2D eigenvalue weighted by molar-refractivity contribution is 4.97. The zero-order chi connectivity index (χ0) is 13.8. The topological polar surface area (TPSA) is 3.88 Å². The quantitative estimate of drug-likeness (QED) is 0.387. The Morgan fingerprint density at radius 3 is 2.21 bits per heavy atom.